The number of hydrogen-bond donors (Lipinski definition) is 1. The normalized spacial score (nSPS) is 10.3. The molecule has 0 saturated heterocycles. The molecule has 0 aromatic heterocycles. The van der Waals surface area contributed by atoms with Gasteiger partial charge in [-0.05, 0) is 24.5 Å². The summed E-state index contributed by atoms with van der Waals surface area (Å²) in [6.45, 7) is 1.99. The van der Waals surface area contributed by atoms with Crippen molar-refractivity contribution in [2.75, 3.05) is 6.61 Å². The molecule has 0 spiro atoms. The Labute approximate surface area is 94.9 Å². The molecule has 2 nitrogen and oxygen atoms in total. The standard InChI is InChI=1S/C12H15ClO2/c1-2-12(15)10-6-5-9(4-3-7-14)11(13)8-10/h5-6,8,14H,2-4,7H2,1H3. The van der Waals surface area contributed by atoms with Gasteiger partial charge in [-0.3, -0.25) is 4.79 Å². The number of ketones is 1. The molecule has 0 aliphatic carbocycles. The predicted molar refractivity (Wildman–Crippen MR) is 61.5 cm³/mol. The van der Waals surface area contributed by atoms with Crippen LogP contribution >= 0.6 is 11.6 Å². The van der Waals surface area contributed by atoms with Crippen molar-refractivity contribution < 1.29 is 9.90 Å². The Kier molecular flexibility index (Phi) is 4.79. The molecule has 0 saturated carbocycles. The van der Waals surface area contributed by atoms with Crippen molar-refractivity contribution in [3.8, 4) is 0 Å². The second-order valence-electron chi connectivity index (χ2n) is 3.41. The number of hydrogen-bond acceptors (Lipinski definition) is 2. The highest BCUT2D eigenvalue weighted by Crippen LogP contribution is 2.20. The number of aryl methyl sites for hydroxylation is 1. The molecule has 0 atom stereocenters. The van der Waals surface area contributed by atoms with E-state index in [1.54, 1.807) is 12.1 Å². The lowest BCUT2D eigenvalue weighted by Crippen LogP contribution is -1.98. The Hall–Kier alpha value is -0.860. The summed E-state index contributed by atoms with van der Waals surface area (Å²) in [5.74, 6) is 0.102. The van der Waals surface area contributed by atoms with E-state index in [4.69, 9.17) is 16.7 Å². The Morgan fingerprint density at radius 3 is 2.73 bits per heavy atom. The van der Waals surface area contributed by atoms with Gasteiger partial charge in [0.1, 0.15) is 0 Å². The molecule has 3 heteroatoms. The van der Waals surface area contributed by atoms with Crippen LogP contribution in [0.5, 0.6) is 0 Å². The maximum absolute atomic E-state index is 11.4. The average molecular weight is 227 g/mol. The highest BCUT2D eigenvalue weighted by Gasteiger charge is 2.06. The summed E-state index contributed by atoms with van der Waals surface area (Å²) in [4.78, 5) is 11.4. The number of carbonyl (C=O) groups excluding carboxylic acids is 1. The molecule has 0 heterocycles. The van der Waals surface area contributed by atoms with Crippen molar-refractivity contribution in [2.24, 2.45) is 0 Å². The van der Waals surface area contributed by atoms with E-state index in [2.05, 4.69) is 0 Å². The van der Waals surface area contributed by atoms with E-state index in [0.29, 0.717) is 23.4 Å². The third kappa shape index (κ3) is 3.33. The molecular weight excluding hydrogens is 212 g/mol. The van der Waals surface area contributed by atoms with E-state index >= 15 is 0 Å². The Morgan fingerprint density at radius 2 is 2.20 bits per heavy atom. The van der Waals surface area contributed by atoms with Crippen molar-refractivity contribution >= 4 is 17.4 Å². The summed E-state index contributed by atoms with van der Waals surface area (Å²) in [6.07, 6.45) is 1.93. The van der Waals surface area contributed by atoms with Crippen LogP contribution < -0.4 is 0 Å². The Morgan fingerprint density at radius 1 is 1.47 bits per heavy atom. The monoisotopic (exact) mass is 226 g/mol. The van der Waals surface area contributed by atoms with Gasteiger partial charge in [-0.15, -0.1) is 0 Å². The fourth-order valence-corrected chi connectivity index (χ4v) is 1.67. The molecule has 0 unspecified atom stereocenters. The van der Waals surface area contributed by atoms with Gasteiger partial charge in [0.25, 0.3) is 0 Å². The largest absolute Gasteiger partial charge is 0.396 e. The molecule has 0 aliphatic heterocycles. The van der Waals surface area contributed by atoms with Crippen LogP contribution in [0, 0.1) is 0 Å². The van der Waals surface area contributed by atoms with Gasteiger partial charge in [-0.25, -0.2) is 0 Å². The fraction of sp³-hybridized carbons (Fsp3) is 0.417. The van der Waals surface area contributed by atoms with Crippen LogP contribution in [0.4, 0.5) is 0 Å². The van der Waals surface area contributed by atoms with Crippen LogP contribution in [0.2, 0.25) is 5.02 Å². The lowest BCUT2D eigenvalue weighted by Gasteiger charge is -2.05. The Bertz CT molecular complexity index is 347. The van der Waals surface area contributed by atoms with E-state index < -0.39 is 0 Å². The number of aliphatic hydroxyl groups excluding tert-OH is 1. The zero-order valence-corrected chi connectivity index (χ0v) is 9.55. The first-order chi connectivity index (χ1) is 7.19. The van der Waals surface area contributed by atoms with Gasteiger partial charge in [0.2, 0.25) is 0 Å². The molecule has 1 aromatic rings. The number of aliphatic hydroxyl groups is 1. The van der Waals surface area contributed by atoms with E-state index in [1.807, 2.05) is 13.0 Å². The van der Waals surface area contributed by atoms with Gasteiger partial charge in [0, 0.05) is 23.6 Å². The SMILES string of the molecule is CCC(=O)c1ccc(CCCO)c(Cl)c1. The van der Waals surface area contributed by atoms with E-state index in [1.165, 1.54) is 0 Å². The molecule has 0 fully saturated rings. The van der Waals surface area contributed by atoms with E-state index in [9.17, 15) is 4.79 Å². The van der Waals surface area contributed by atoms with Crippen molar-refractivity contribution in [1.82, 2.24) is 0 Å². The quantitative estimate of drug-likeness (QED) is 0.784. The summed E-state index contributed by atoms with van der Waals surface area (Å²) < 4.78 is 0. The number of halogens is 1. The van der Waals surface area contributed by atoms with Gasteiger partial charge in [0.05, 0.1) is 0 Å². The van der Waals surface area contributed by atoms with Crippen molar-refractivity contribution in [3.05, 3.63) is 34.3 Å². The minimum absolute atomic E-state index is 0.102. The molecule has 15 heavy (non-hydrogen) atoms. The molecule has 1 aromatic carbocycles. The van der Waals surface area contributed by atoms with Crippen LogP contribution in [-0.2, 0) is 6.42 Å². The molecule has 0 aliphatic rings. The fourth-order valence-electron chi connectivity index (χ4n) is 1.40. The van der Waals surface area contributed by atoms with Gasteiger partial charge >= 0.3 is 0 Å². The molecular formula is C12H15ClO2. The van der Waals surface area contributed by atoms with Gasteiger partial charge in [0.15, 0.2) is 5.78 Å². The van der Waals surface area contributed by atoms with Gasteiger partial charge in [-0.2, -0.15) is 0 Å². The summed E-state index contributed by atoms with van der Waals surface area (Å²) in [5.41, 5.74) is 1.65. The molecule has 0 bridgehead atoms. The number of benzene rings is 1. The molecule has 82 valence electrons. The summed E-state index contributed by atoms with van der Waals surface area (Å²) in [5, 5.41) is 9.32. The summed E-state index contributed by atoms with van der Waals surface area (Å²) in [6, 6.07) is 5.37. The van der Waals surface area contributed by atoms with E-state index in [0.717, 1.165) is 12.0 Å². The third-order valence-corrected chi connectivity index (χ3v) is 2.65. The second kappa shape index (κ2) is 5.89. The molecule has 0 radical (unpaired) electrons. The maximum atomic E-state index is 11.4. The van der Waals surface area contributed by atoms with Crippen LogP contribution in [0.1, 0.15) is 35.7 Å². The zero-order valence-electron chi connectivity index (χ0n) is 8.79. The number of carbonyl (C=O) groups is 1. The minimum Gasteiger partial charge on any atom is -0.396 e. The second-order valence-corrected chi connectivity index (χ2v) is 3.82. The van der Waals surface area contributed by atoms with Crippen molar-refractivity contribution in [1.29, 1.82) is 0 Å². The first-order valence-electron chi connectivity index (χ1n) is 5.11. The molecule has 1 rings (SSSR count). The van der Waals surface area contributed by atoms with Crippen LogP contribution in [0.3, 0.4) is 0 Å². The summed E-state index contributed by atoms with van der Waals surface area (Å²) >= 11 is 6.03. The molecule has 0 amide bonds. The van der Waals surface area contributed by atoms with E-state index in [-0.39, 0.29) is 12.4 Å². The lowest BCUT2D eigenvalue weighted by molar-refractivity contribution is 0.0988. The maximum Gasteiger partial charge on any atom is 0.162 e. The van der Waals surface area contributed by atoms with Crippen molar-refractivity contribution in [2.45, 2.75) is 26.2 Å². The van der Waals surface area contributed by atoms with Crippen LogP contribution in [0.15, 0.2) is 18.2 Å². The van der Waals surface area contributed by atoms with Crippen LogP contribution in [0.25, 0.3) is 0 Å². The van der Waals surface area contributed by atoms with Crippen molar-refractivity contribution in [3.63, 3.8) is 0 Å². The topological polar surface area (TPSA) is 37.3 Å². The molecule has 1 N–H and O–H groups in total. The van der Waals surface area contributed by atoms with Gasteiger partial charge < -0.3 is 5.11 Å². The zero-order chi connectivity index (χ0) is 11.3. The summed E-state index contributed by atoms with van der Waals surface area (Å²) in [7, 11) is 0. The highest BCUT2D eigenvalue weighted by molar-refractivity contribution is 6.31. The predicted octanol–water partition coefficient (Wildman–Crippen LogP) is 2.86. The average Bonchev–Trinajstić information content (AvgIpc) is 2.26. The lowest BCUT2D eigenvalue weighted by atomic mass is 10.0. The first-order valence-corrected chi connectivity index (χ1v) is 5.49. The van der Waals surface area contributed by atoms with Gasteiger partial charge in [-0.1, -0.05) is 30.7 Å². The smallest absolute Gasteiger partial charge is 0.162 e. The Balaban J connectivity index is 2.83. The van der Waals surface area contributed by atoms with Crippen LogP contribution in [-0.4, -0.2) is 17.5 Å². The number of Topliss-reactive ketones (excluding diaryl/α,β-unsaturated/α-hetero) is 1. The first kappa shape index (κ1) is 12.2. The third-order valence-electron chi connectivity index (χ3n) is 2.30. The number of rotatable bonds is 5. The highest BCUT2D eigenvalue weighted by atomic mass is 35.5. The minimum atomic E-state index is 0.102.